The molecule has 3 N–H and O–H groups in total. The Morgan fingerprint density at radius 2 is 2.08 bits per heavy atom. The minimum Gasteiger partial charge on any atom is -0.356 e. The van der Waals surface area contributed by atoms with E-state index in [1.807, 2.05) is 18.2 Å². The fourth-order valence-electron chi connectivity index (χ4n) is 3.48. The van der Waals surface area contributed by atoms with Crippen molar-refractivity contribution in [3.63, 3.8) is 0 Å². The molecule has 3 rings (SSSR count). The molecule has 0 bridgehead atoms. The molecule has 1 aliphatic carbocycles. The number of carbonyl (C=O) groups excluding carboxylic acids is 1. The first kappa shape index (κ1) is 21.0. The van der Waals surface area contributed by atoms with E-state index in [0.717, 1.165) is 37.3 Å². The van der Waals surface area contributed by atoms with Crippen molar-refractivity contribution in [1.82, 2.24) is 15.5 Å². The molecule has 1 aromatic rings. The lowest BCUT2D eigenvalue weighted by Crippen LogP contribution is -2.43. The zero-order valence-corrected chi connectivity index (χ0v) is 18.0. The van der Waals surface area contributed by atoms with E-state index in [9.17, 15) is 4.79 Å². The number of guanidine groups is 1. The number of hydrogen-bond donors (Lipinski definition) is 3. The van der Waals surface area contributed by atoms with Crippen LogP contribution in [0.4, 0.5) is 5.69 Å². The molecule has 6 nitrogen and oxygen atoms in total. The van der Waals surface area contributed by atoms with Crippen LogP contribution in [0.3, 0.4) is 0 Å². The van der Waals surface area contributed by atoms with E-state index in [4.69, 9.17) is 0 Å². The summed E-state index contributed by atoms with van der Waals surface area (Å²) in [5, 5.41) is 9.71. The van der Waals surface area contributed by atoms with Gasteiger partial charge in [-0.05, 0) is 31.0 Å². The number of nitrogens with one attached hydrogen (secondary N) is 3. The molecule has 0 saturated heterocycles. The van der Waals surface area contributed by atoms with Crippen LogP contribution in [0.25, 0.3) is 0 Å². The summed E-state index contributed by atoms with van der Waals surface area (Å²) in [4.78, 5) is 18.7. The first-order chi connectivity index (χ1) is 12.2. The summed E-state index contributed by atoms with van der Waals surface area (Å²) in [6, 6.07) is 8.82. The highest BCUT2D eigenvalue weighted by Crippen LogP contribution is 2.31. The predicted octanol–water partition coefficient (Wildman–Crippen LogP) is 2.38. The van der Waals surface area contributed by atoms with Crippen LogP contribution in [0.1, 0.15) is 37.7 Å². The molecule has 1 aliphatic heterocycles. The molecule has 26 heavy (non-hydrogen) atoms. The van der Waals surface area contributed by atoms with Crippen molar-refractivity contribution in [3.8, 4) is 0 Å². The van der Waals surface area contributed by atoms with Crippen molar-refractivity contribution in [1.29, 1.82) is 0 Å². The van der Waals surface area contributed by atoms with Crippen molar-refractivity contribution in [2.24, 2.45) is 4.99 Å². The molecule has 1 atom stereocenters. The third-order valence-electron chi connectivity index (χ3n) is 5.01. The van der Waals surface area contributed by atoms with E-state index < -0.39 is 0 Å². The van der Waals surface area contributed by atoms with Crippen LogP contribution < -0.4 is 16.0 Å². The van der Waals surface area contributed by atoms with Gasteiger partial charge in [0, 0.05) is 50.7 Å². The Morgan fingerprint density at radius 1 is 1.31 bits per heavy atom. The molecule has 1 fully saturated rings. The lowest BCUT2D eigenvalue weighted by Gasteiger charge is -2.26. The lowest BCUT2D eigenvalue weighted by molar-refractivity contribution is -0.116. The first-order valence-electron chi connectivity index (χ1n) is 9.28. The van der Waals surface area contributed by atoms with E-state index in [1.54, 1.807) is 7.05 Å². The average Bonchev–Trinajstić information content (AvgIpc) is 3.46. The van der Waals surface area contributed by atoms with Crippen LogP contribution in [-0.2, 0) is 4.79 Å². The molecule has 7 heteroatoms. The number of para-hydroxylation sites is 1. The number of aliphatic imine (C=N–C) groups is 1. The summed E-state index contributed by atoms with van der Waals surface area (Å²) in [6.45, 7) is 5.94. The van der Waals surface area contributed by atoms with E-state index in [-0.39, 0.29) is 35.8 Å². The van der Waals surface area contributed by atoms with Crippen molar-refractivity contribution >= 4 is 41.5 Å². The number of halogens is 1. The number of hydrogen-bond acceptors (Lipinski definition) is 3. The van der Waals surface area contributed by atoms with Crippen LogP contribution >= 0.6 is 24.0 Å². The van der Waals surface area contributed by atoms with E-state index in [2.05, 4.69) is 38.8 Å². The second-order valence-corrected chi connectivity index (χ2v) is 6.78. The molecule has 1 heterocycles. The zero-order chi connectivity index (χ0) is 17.6. The SMILES string of the molecule is CCN(CCNC(=NC)NCC1CC(=O)Nc2ccccc21)C1CC1.I. The van der Waals surface area contributed by atoms with E-state index >= 15 is 0 Å². The van der Waals surface area contributed by atoms with Crippen LogP contribution in [-0.4, -0.2) is 56.0 Å². The van der Waals surface area contributed by atoms with Crippen molar-refractivity contribution in [3.05, 3.63) is 29.8 Å². The number of anilines is 1. The summed E-state index contributed by atoms with van der Waals surface area (Å²) in [5.74, 6) is 1.05. The summed E-state index contributed by atoms with van der Waals surface area (Å²) in [5.41, 5.74) is 2.12. The highest BCUT2D eigenvalue weighted by atomic mass is 127. The maximum atomic E-state index is 11.9. The first-order valence-corrected chi connectivity index (χ1v) is 9.28. The van der Waals surface area contributed by atoms with Crippen molar-refractivity contribution in [2.75, 3.05) is 38.5 Å². The number of fused-ring (bicyclic) bond motifs is 1. The van der Waals surface area contributed by atoms with E-state index in [1.165, 1.54) is 18.4 Å². The number of carbonyl (C=O) groups is 1. The number of likely N-dealkylation sites (N-methyl/N-ethyl adjacent to an activating group) is 1. The van der Waals surface area contributed by atoms with Crippen LogP contribution in [0, 0.1) is 0 Å². The Morgan fingerprint density at radius 3 is 2.77 bits per heavy atom. The van der Waals surface area contributed by atoms with Gasteiger partial charge in [0.05, 0.1) is 0 Å². The molecular formula is C19H30IN5O. The zero-order valence-electron chi connectivity index (χ0n) is 15.6. The topological polar surface area (TPSA) is 68.8 Å². The molecule has 2 aliphatic rings. The molecule has 1 amide bonds. The molecule has 0 aromatic heterocycles. The molecule has 1 aromatic carbocycles. The van der Waals surface area contributed by atoms with Gasteiger partial charge in [-0.15, -0.1) is 24.0 Å². The Bertz CT molecular complexity index is 632. The predicted molar refractivity (Wildman–Crippen MR) is 117 cm³/mol. The van der Waals surface area contributed by atoms with Crippen molar-refractivity contribution in [2.45, 2.75) is 38.1 Å². The van der Waals surface area contributed by atoms with Gasteiger partial charge in [-0.1, -0.05) is 25.1 Å². The van der Waals surface area contributed by atoms with Gasteiger partial charge in [0.2, 0.25) is 5.91 Å². The standard InChI is InChI=1S/C19H29N5O.HI/c1-3-24(15-8-9-15)11-10-21-19(20-2)22-13-14-12-18(25)23-17-7-5-4-6-16(14)17;/h4-7,14-15H,3,8-13H2,1-2H3,(H,23,25)(H2,20,21,22);1H. The minimum atomic E-state index is 0. The number of rotatable bonds is 7. The minimum absolute atomic E-state index is 0. The number of amides is 1. The summed E-state index contributed by atoms with van der Waals surface area (Å²) < 4.78 is 0. The van der Waals surface area contributed by atoms with Crippen LogP contribution in [0.2, 0.25) is 0 Å². The number of benzene rings is 1. The van der Waals surface area contributed by atoms with E-state index in [0.29, 0.717) is 13.0 Å². The fourth-order valence-corrected chi connectivity index (χ4v) is 3.48. The smallest absolute Gasteiger partial charge is 0.225 e. The second kappa shape index (κ2) is 10.1. The molecule has 1 saturated carbocycles. The molecule has 1 unspecified atom stereocenters. The summed E-state index contributed by atoms with van der Waals surface area (Å²) >= 11 is 0. The third-order valence-corrected chi connectivity index (χ3v) is 5.01. The highest BCUT2D eigenvalue weighted by Gasteiger charge is 2.27. The Hall–Kier alpha value is -1.35. The maximum Gasteiger partial charge on any atom is 0.225 e. The molecule has 144 valence electrons. The molecular weight excluding hydrogens is 441 g/mol. The average molecular weight is 471 g/mol. The largest absolute Gasteiger partial charge is 0.356 e. The van der Waals surface area contributed by atoms with Gasteiger partial charge in [-0.3, -0.25) is 14.7 Å². The quantitative estimate of drug-likeness (QED) is 0.325. The third kappa shape index (κ3) is 5.57. The highest BCUT2D eigenvalue weighted by molar-refractivity contribution is 14.0. The maximum absolute atomic E-state index is 11.9. The van der Waals surface area contributed by atoms with Gasteiger partial charge in [0.15, 0.2) is 5.96 Å². The van der Waals surface area contributed by atoms with Crippen molar-refractivity contribution < 1.29 is 4.79 Å². The number of nitrogens with zero attached hydrogens (tertiary/aromatic N) is 2. The fraction of sp³-hybridized carbons (Fsp3) is 0.579. The van der Waals surface area contributed by atoms with Gasteiger partial charge in [-0.25, -0.2) is 0 Å². The Kier molecular flexibility index (Phi) is 8.15. The molecule has 0 radical (unpaired) electrons. The van der Waals surface area contributed by atoms with Gasteiger partial charge in [-0.2, -0.15) is 0 Å². The molecule has 0 spiro atoms. The second-order valence-electron chi connectivity index (χ2n) is 6.78. The van der Waals surface area contributed by atoms with Gasteiger partial charge < -0.3 is 16.0 Å². The summed E-state index contributed by atoms with van der Waals surface area (Å²) in [7, 11) is 1.79. The summed E-state index contributed by atoms with van der Waals surface area (Å²) in [6.07, 6.45) is 3.18. The van der Waals surface area contributed by atoms with Gasteiger partial charge in [0.25, 0.3) is 0 Å². The van der Waals surface area contributed by atoms with Crippen LogP contribution in [0.5, 0.6) is 0 Å². The Balaban J connectivity index is 0.00000243. The normalized spacial score (nSPS) is 19.4. The van der Waals surface area contributed by atoms with Gasteiger partial charge in [0.1, 0.15) is 0 Å². The Labute approximate surface area is 173 Å². The van der Waals surface area contributed by atoms with Crippen LogP contribution in [0.15, 0.2) is 29.3 Å². The lowest BCUT2D eigenvalue weighted by atomic mass is 9.90. The monoisotopic (exact) mass is 471 g/mol. The van der Waals surface area contributed by atoms with Gasteiger partial charge >= 0.3 is 0 Å².